The molecule has 0 amide bonds. The van der Waals surface area contributed by atoms with Gasteiger partial charge in [-0.3, -0.25) is 4.98 Å². The van der Waals surface area contributed by atoms with Crippen molar-refractivity contribution in [2.75, 3.05) is 18.0 Å². The summed E-state index contributed by atoms with van der Waals surface area (Å²) in [5.41, 5.74) is -0.165. The number of ether oxygens (including phenoxy) is 1. The third-order valence-corrected chi connectivity index (χ3v) is 2.67. The molecule has 0 bridgehead atoms. The number of rotatable bonds is 1. The quantitative estimate of drug-likeness (QED) is 0.755. The molecule has 1 aliphatic heterocycles. The molecule has 1 saturated heterocycles. The van der Waals surface area contributed by atoms with E-state index in [1.54, 1.807) is 12.4 Å². The molecule has 0 spiro atoms. The molecule has 1 fully saturated rings. The van der Waals surface area contributed by atoms with E-state index < -0.39 is 0 Å². The molecule has 5 heteroatoms. The van der Waals surface area contributed by atoms with Crippen LogP contribution in [0, 0.1) is 0 Å². The molecule has 1 unspecified atom stereocenters. The summed E-state index contributed by atoms with van der Waals surface area (Å²) in [6.07, 6.45) is 3.46. The standard InChI is InChI=1S/C11H16ClN3O/c1-8-6-15(7-11(2,3)16-8)10-5-13-4-9(12)14-10/h4-5,8H,6-7H2,1-3H3. The van der Waals surface area contributed by atoms with Crippen molar-refractivity contribution in [1.29, 1.82) is 0 Å². The minimum atomic E-state index is -0.165. The van der Waals surface area contributed by atoms with Crippen LogP contribution < -0.4 is 4.90 Å². The van der Waals surface area contributed by atoms with Crippen LogP contribution in [0.2, 0.25) is 5.15 Å². The summed E-state index contributed by atoms with van der Waals surface area (Å²) >= 11 is 5.84. The fourth-order valence-electron chi connectivity index (χ4n) is 2.11. The van der Waals surface area contributed by atoms with Crippen molar-refractivity contribution in [3.05, 3.63) is 17.5 Å². The molecule has 0 N–H and O–H groups in total. The van der Waals surface area contributed by atoms with Gasteiger partial charge in [0.25, 0.3) is 0 Å². The fraction of sp³-hybridized carbons (Fsp3) is 0.636. The molecule has 1 aromatic heterocycles. The first-order valence-electron chi connectivity index (χ1n) is 5.36. The lowest BCUT2D eigenvalue weighted by atomic mass is 10.1. The Hall–Kier alpha value is -0.870. The minimum Gasteiger partial charge on any atom is -0.369 e. The van der Waals surface area contributed by atoms with Gasteiger partial charge in [0.15, 0.2) is 0 Å². The summed E-state index contributed by atoms with van der Waals surface area (Å²) in [7, 11) is 0. The molecule has 2 rings (SSSR count). The molecule has 88 valence electrons. The Kier molecular flexibility index (Phi) is 3.04. The number of halogens is 1. The van der Waals surface area contributed by atoms with Gasteiger partial charge in [-0.15, -0.1) is 0 Å². The summed E-state index contributed by atoms with van der Waals surface area (Å²) < 4.78 is 5.83. The topological polar surface area (TPSA) is 38.2 Å². The Morgan fingerprint density at radius 1 is 1.50 bits per heavy atom. The molecule has 0 saturated carbocycles. The molecular weight excluding hydrogens is 226 g/mol. The Balaban J connectivity index is 2.21. The fourth-order valence-corrected chi connectivity index (χ4v) is 2.26. The molecule has 1 aromatic rings. The summed E-state index contributed by atoms with van der Waals surface area (Å²) in [4.78, 5) is 10.5. The molecular formula is C11H16ClN3O. The molecule has 0 aliphatic carbocycles. The zero-order chi connectivity index (χ0) is 11.8. The normalized spacial score (nSPS) is 24.5. The first kappa shape index (κ1) is 11.6. The van der Waals surface area contributed by atoms with Crippen LogP contribution in [0.3, 0.4) is 0 Å². The maximum absolute atomic E-state index is 5.84. The van der Waals surface area contributed by atoms with E-state index in [-0.39, 0.29) is 11.7 Å². The first-order valence-corrected chi connectivity index (χ1v) is 5.74. The number of aromatic nitrogens is 2. The number of anilines is 1. The van der Waals surface area contributed by atoms with Crippen LogP contribution in [0.15, 0.2) is 12.4 Å². The summed E-state index contributed by atoms with van der Waals surface area (Å²) in [5, 5.41) is 0.425. The van der Waals surface area contributed by atoms with Gasteiger partial charge in [0, 0.05) is 13.1 Å². The van der Waals surface area contributed by atoms with Gasteiger partial charge in [-0.05, 0) is 20.8 Å². The Bertz CT molecular complexity index is 383. The van der Waals surface area contributed by atoms with Crippen LogP contribution in [0.4, 0.5) is 5.82 Å². The molecule has 4 nitrogen and oxygen atoms in total. The second-order valence-electron chi connectivity index (χ2n) is 4.77. The predicted molar refractivity (Wildman–Crippen MR) is 63.9 cm³/mol. The molecule has 0 aromatic carbocycles. The summed E-state index contributed by atoms with van der Waals surface area (Å²) in [5.74, 6) is 0.815. The Labute approximate surface area is 101 Å². The number of morpholine rings is 1. The lowest BCUT2D eigenvalue weighted by Crippen LogP contribution is -2.52. The highest BCUT2D eigenvalue weighted by atomic mass is 35.5. The minimum absolute atomic E-state index is 0.165. The van der Waals surface area contributed by atoms with Crippen LogP contribution in [-0.4, -0.2) is 34.8 Å². The first-order chi connectivity index (χ1) is 7.46. The van der Waals surface area contributed by atoms with E-state index in [1.165, 1.54) is 0 Å². The van der Waals surface area contributed by atoms with Crippen molar-refractivity contribution in [1.82, 2.24) is 9.97 Å². The van der Waals surface area contributed by atoms with Crippen molar-refractivity contribution in [2.45, 2.75) is 32.5 Å². The van der Waals surface area contributed by atoms with E-state index in [4.69, 9.17) is 16.3 Å². The average Bonchev–Trinajstić information content (AvgIpc) is 2.14. The molecule has 1 aliphatic rings. The van der Waals surface area contributed by atoms with E-state index >= 15 is 0 Å². The van der Waals surface area contributed by atoms with Crippen LogP contribution in [-0.2, 0) is 4.74 Å². The van der Waals surface area contributed by atoms with E-state index in [9.17, 15) is 0 Å². The van der Waals surface area contributed by atoms with Gasteiger partial charge in [0.2, 0.25) is 0 Å². The van der Waals surface area contributed by atoms with Gasteiger partial charge >= 0.3 is 0 Å². The SMILES string of the molecule is CC1CN(c2cncc(Cl)n2)CC(C)(C)O1. The third kappa shape index (κ3) is 2.62. The van der Waals surface area contributed by atoms with Crippen molar-refractivity contribution in [2.24, 2.45) is 0 Å². The zero-order valence-corrected chi connectivity index (χ0v) is 10.5. The van der Waals surface area contributed by atoms with E-state index in [2.05, 4.69) is 35.6 Å². The molecule has 16 heavy (non-hydrogen) atoms. The average molecular weight is 242 g/mol. The van der Waals surface area contributed by atoms with Crippen molar-refractivity contribution < 1.29 is 4.74 Å². The Morgan fingerprint density at radius 2 is 2.25 bits per heavy atom. The molecule has 1 atom stereocenters. The Morgan fingerprint density at radius 3 is 2.88 bits per heavy atom. The van der Waals surface area contributed by atoms with Crippen LogP contribution in [0.25, 0.3) is 0 Å². The number of nitrogens with zero attached hydrogens (tertiary/aromatic N) is 3. The van der Waals surface area contributed by atoms with E-state index in [0.29, 0.717) is 5.15 Å². The molecule has 2 heterocycles. The largest absolute Gasteiger partial charge is 0.369 e. The monoisotopic (exact) mass is 241 g/mol. The van der Waals surface area contributed by atoms with Gasteiger partial charge in [-0.1, -0.05) is 11.6 Å². The van der Waals surface area contributed by atoms with Crippen molar-refractivity contribution in [3.8, 4) is 0 Å². The van der Waals surface area contributed by atoms with Gasteiger partial charge < -0.3 is 9.64 Å². The summed E-state index contributed by atoms with van der Waals surface area (Å²) in [6.45, 7) is 7.83. The second-order valence-corrected chi connectivity index (χ2v) is 5.16. The predicted octanol–water partition coefficient (Wildman–Crippen LogP) is 2.13. The van der Waals surface area contributed by atoms with Gasteiger partial charge in [-0.25, -0.2) is 4.98 Å². The highest BCUT2D eigenvalue weighted by Crippen LogP contribution is 2.24. The highest BCUT2D eigenvalue weighted by molar-refractivity contribution is 6.29. The smallest absolute Gasteiger partial charge is 0.149 e. The van der Waals surface area contributed by atoms with E-state index in [1.807, 2.05) is 0 Å². The van der Waals surface area contributed by atoms with Crippen LogP contribution >= 0.6 is 11.6 Å². The van der Waals surface area contributed by atoms with E-state index in [0.717, 1.165) is 18.9 Å². The second kappa shape index (κ2) is 4.18. The van der Waals surface area contributed by atoms with Crippen molar-refractivity contribution >= 4 is 17.4 Å². The maximum atomic E-state index is 5.84. The van der Waals surface area contributed by atoms with Crippen LogP contribution in [0.5, 0.6) is 0 Å². The zero-order valence-electron chi connectivity index (χ0n) is 9.77. The highest BCUT2D eigenvalue weighted by Gasteiger charge is 2.32. The molecule has 0 radical (unpaired) electrons. The number of hydrogen-bond donors (Lipinski definition) is 0. The van der Waals surface area contributed by atoms with Crippen molar-refractivity contribution in [3.63, 3.8) is 0 Å². The summed E-state index contributed by atoms with van der Waals surface area (Å²) in [6, 6.07) is 0. The van der Waals surface area contributed by atoms with Gasteiger partial charge in [0.05, 0.1) is 24.1 Å². The van der Waals surface area contributed by atoms with Gasteiger partial charge in [0.1, 0.15) is 11.0 Å². The lowest BCUT2D eigenvalue weighted by molar-refractivity contribution is -0.0751. The third-order valence-electron chi connectivity index (χ3n) is 2.49. The van der Waals surface area contributed by atoms with Gasteiger partial charge in [-0.2, -0.15) is 0 Å². The van der Waals surface area contributed by atoms with Crippen LogP contribution in [0.1, 0.15) is 20.8 Å². The maximum Gasteiger partial charge on any atom is 0.149 e. The lowest BCUT2D eigenvalue weighted by Gasteiger charge is -2.42. The number of hydrogen-bond acceptors (Lipinski definition) is 4.